The van der Waals surface area contributed by atoms with E-state index in [1.807, 2.05) is 0 Å². The molecule has 3 aromatic rings. The normalized spacial score (nSPS) is 11.3. The number of halogens is 6. The summed E-state index contributed by atoms with van der Waals surface area (Å²) in [5.41, 5.74) is -1.75. The van der Waals surface area contributed by atoms with E-state index in [0.717, 1.165) is 17.8 Å². The third-order valence-corrected chi connectivity index (χ3v) is 5.44. The van der Waals surface area contributed by atoms with E-state index in [2.05, 4.69) is 47.3 Å². The summed E-state index contributed by atoms with van der Waals surface area (Å²) in [5.74, 6) is -0.662. The maximum Gasteiger partial charge on any atom is 0.416 e. The molecule has 32 heavy (non-hydrogen) atoms. The number of nitrogens with zero attached hydrogens (tertiary/aromatic N) is 4. The smallest absolute Gasteiger partial charge is 0.416 e. The first-order valence-corrected chi connectivity index (χ1v) is 10.4. The molecular weight excluding hydrogens is 586 g/mol. The largest absolute Gasteiger partial charge is 0.465 e. The van der Waals surface area contributed by atoms with Gasteiger partial charge < -0.3 is 10.4 Å². The van der Waals surface area contributed by atoms with Gasteiger partial charge in [0.05, 0.1) is 22.0 Å². The Morgan fingerprint density at radius 2 is 1.94 bits per heavy atom. The first kappa shape index (κ1) is 24.0. The Morgan fingerprint density at radius 3 is 2.53 bits per heavy atom. The second kappa shape index (κ2) is 9.08. The van der Waals surface area contributed by atoms with Crippen molar-refractivity contribution in [1.82, 2.24) is 14.8 Å². The van der Waals surface area contributed by atoms with Crippen LogP contribution in [0.5, 0.6) is 0 Å². The van der Waals surface area contributed by atoms with E-state index in [1.54, 1.807) is 6.07 Å². The molecule has 14 heteroatoms. The van der Waals surface area contributed by atoms with Crippen LogP contribution in [0.2, 0.25) is 5.02 Å². The predicted octanol–water partition coefficient (Wildman–Crippen LogP) is 5.83. The summed E-state index contributed by atoms with van der Waals surface area (Å²) in [6.45, 7) is 0. The molecule has 2 heterocycles. The predicted molar refractivity (Wildman–Crippen MR) is 118 cm³/mol. The van der Waals surface area contributed by atoms with Gasteiger partial charge in [0.15, 0.2) is 5.82 Å². The SMILES string of the molecule is CN(C(=O)O)c1cc(C(F)(F)F)cc(Br)c1NC(=O)c1cc(Br)nn1-c1ncccc1Cl. The Hall–Kier alpha value is -2.64. The second-order valence-electron chi connectivity index (χ2n) is 6.22. The first-order chi connectivity index (χ1) is 14.9. The summed E-state index contributed by atoms with van der Waals surface area (Å²) in [7, 11) is 1.05. The Kier molecular flexibility index (Phi) is 6.81. The van der Waals surface area contributed by atoms with E-state index in [1.165, 1.54) is 18.3 Å². The molecule has 0 aliphatic heterocycles. The Morgan fingerprint density at radius 1 is 1.25 bits per heavy atom. The summed E-state index contributed by atoms with van der Waals surface area (Å²) >= 11 is 12.3. The second-order valence-corrected chi connectivity index (χ2v) is 8.29. The average molecular weight is 598 g/mol. The summed E-state index contributed by atoms with van der Waals surface area (Å²) in [6, 6.07) is 5.82. The van der Waals surface area contributed by atoms with Gasteiger partial charge in [0.2, 0.25) is 0 Å². The molecule has 2 N–H and O–H groups in total. The number of alkyl halides is 3. The summed E-state index contributed by atoms with van der Waals surface area (Å²) in [4.78, 5) is 29.1. The molecule has 0 saturated heterocycles. The summed E-state index contributed by atoms with van der Waals surface area (Å²) in [6.07, 6.45) is -4.83. The molecule has 0 radical (unpaired) electrons. The van der Waals surface area contributed by atoms with Crippen LogP contribution in [-0.2, 0) is 6.18 Å². The first-order valence-electron chi connectivity index (χ1n) is 8.45. The molecule has 2 aromatic heterocycles. The maximum atomic E-state index is 13.2. The lowest BCUT2D eigenvalue weighted by Gasteiger charge is -2.21. The molecule has 3 rings (SSSR count). The highest BCUT2D eigenvalue weighted by atomic mass is 79.9. The fourth-order valence-corrected chi connectivity index (χ4v) is 3.76. The van der Waals surface area contributed by atoms with Crippen LogP contribution in [0, 0.1) is 0 Å². The van der Waals surface area contributed by atoms with Gasteiger partial charge >= 0.3 is 12.3 Å². The number of benzene rings is 1. The van der Waals surface area contributed by atoms with E-state index in [4.69, 9.17) is 11.6 Å². The van der Waals surface area contributed by atoms with Crippen LogP contribution < -0.4 is 10.2 Å². The number of carbonyl (C=O) groups is 2. The van der Waals surface area contributed by atoms with Crippen molar-refractivity contribution in [2.45, 2.75) is 6.18 Å². The molecular formula is C18H11Br2ClF3N5O3. The highest BCUT2D eigenvalue weighted by Crippen LogP contribution is 2.40. The van der Waals surface area contributed by atoms with Crippen molar-refractivity contribution in [3.05, 3.63) is 61.9 Å². The van der Waals surface area contributed by atoms with Gasteiger partial charge in [-0.25, -0.2) is 14.5 Å². The molecule has 0 atom stereocenters. The molecule has 168 valence electrons. The number of nitrogens with one attached hydrogen (secondary N) is 1. The number of hydrogen-bond acceptors (Lipinski definition) is 4. The van der Waals surface area contributed by atoms with Crippen LogP contribution in [0.4, 0.5) is 29.3 Å². The van der Waals surface area contributed by atoms with E-state index in [9.17, 15) is 27.9 Å². The van der Waals surface area contributed by atoms with Gasteiger partial charge in [0, 0.05) is 23.8 Å². The average Bonchev–Trinajstić information content (AvgIpc) is 3.09. The maximum absolute atomic E-state index is 13.2. The lowest BCUT2D eigenvalue weighted by atomic mass is 10.1. The molecule has 0 aliphatic rings. The minimum atomic E-state index is -4.74. The summed E-state index contributed by atoms with van der Waals surface area (Å²) in [5, 5.41) is 16.1. The summed E-state index contributed by atoms with van der Waals surface area (Å²) < 4.78 is 41.0. The minimum Gasteiger partial charge on any atom is -0.465 e. The third-order valence-electron chi connectivity index (χ3n) is 4.14. The zero-order valence-corrected chi connectivity index (χ0v) is 19.7. The van der Waals surface area contributed by atoms with Crippen molar-refractivity contribution in [2.24, 2.45) is 0 Å². The van der Waals surface area contributed by atoms with Crippen molar-refractivity contribution in [2.75, 3.05) is 17.3 Å². The van der Waals surface area contributed by atoms with E-state index in [-0.39, 0.29) is 31.3 Å². The number of aromatic nitrogens is 3. The van der Waals surface area contributed by atoms with Crippen LogP contribution in [-0.4, -0.2) is 38.9 Å². The van der Waals surface area contributed by atoms with E-state index >= 15 is 0 Å². The zero-order chi connectivity index (χ0) is 23.8. The number of amides is 2. The van der Waals surface area contributed by atoms with Crippen LogP contribution in [0.25, 0.3) is 5.82 Å². The monoisotopic (exact) mass is 595 g/mol. The van der Waals surface area contributed by atoms with Gasteiger partial charge in [-0.1, -0.05) is 11.6 Å². The van der Waals surface area contributed by atoms with Gasteiger partial charge in [-0.3, -0.25) is 9.69 Å². The minimum absolute atomic E-state index is 0.0619. The lowest BCUT2D eigenvalue weighted by Crippen LogP contribution is -2.27. The van der Waals surface area contributed by atoms with E-state index in [0.29, 0.717) is 11.0 Å². The number of carboxylic acid groups (broad SMARTS) is 1. The number of pyridine rings is 1. The van der Waals surface area contributed by atoms with Crippen molar-refractivity contribution < 1.29 is 27.9 Å². The fourth-order valence-electron chi connectivity index (χ4n) is 2.63. The van der Waals surface area contributed by atoms with Gasteiger partial charge in [-0.15, -0.1) is 0 Å². The molecule has 0 spiro atoms. The Labute approximate surface area is 200 Å². The van der Waals surface area contributed by atoms with Gasteiger partial charge in [0.1, 0.15) is 10.3 Å². The Bertz CT molecular complexity index is 1220. The van der Waals surface area contributed by atoms with Crippen LogP contribution in [0.1, 0.15) is 16.1 Å². The molecule has 0 saturated carbocycles. The van der Waals surface area contributed by atoms with Crippen molar-refractivity contribution >= 4 is 66.8 Å². The number of anilines is 2. The van der Waals surface area contributed by atoms with Gasteiger partial charge in [-0.05, 0) is 56.1 Å². The fraction of sp³-hybridized carbons (Fsp3) is 0.111. The van der Waals surface area contributed by atoms with Crippen LogP contribution in [0.3, 0.4) is 0 Å². The topological polar surface area (TPSA) is 100 Å². The van der Waals surface area contributed by atoms with Gasteiger partial charge in [-0.2, -0.15) is 18.3 Å². The van der Waals surface area contributed by atoms with Crippen molar-refractivity contribution in [3.8, 4) is 5.82 Å². The molecule has 0 fully saturated rings. The molecule has 0 aliphatic carbocycles. The molecule has 0 bridgehead atoms. The van der Waals surface area contributed by atoms with Crippen LogP contribution in [0.15, 0.2) is 45.6 Å². The third kappa shape index (κ3) is 4.89. The van der Waals surface area contributed by atoms with Crippen molar-refractivity contribution in [1.29, 1.82) is 0 Å². The molecule has 8 nitrogen and oxygen atoms in total. The Balaban J connectivity index is 2.09. The highest BCUT2D eigenvalue weighted by molar-refractivity contribution is 9.10. The number of carbonyl (C=O) groups excluding carboxylic acids is 1. The molecule has 0 unspecified atom stereocenters. The van der Waals surface area contributed by atoms with Gasteiger partial charge in [0.25, 0.3) is 5.91 Å². The standard InChI is InChI=1S/C18H11Br2ClF3N5O3/c1-28(17(31)32)11-6-8(18(22,23)24)5-9(19)14(11)26-16(30)12-7-13(20)27-29(12)15-10(21)3-2-4-25-15/h2-7H,1H3,(H,26,30)(H,31,32). The van der Waals surface area contributed by atoms with Crippen LogP contribution >= 0.6 is 43.5 Å². The lowest BCUT2D eigenvalue weighted by molar-refractivity contribution is -0.137. The van der Waals surface area contributed by atoms with Crippen molar-refractivity contribution in [3.63, 3.8) is 0 Å². The van der Waals surface area contributed by atoms with E-state index < -0.39 is 29.4 Å². The molecule has 1 aromatic carbocycles. The number of rotatable bonds is 4. The number of hydrogen-bond donors (Lipinski definition) is 2. The molecule has 2 amide bonds. The quantitative estimate of drug-likeness (QED) is 0.394. The zero-order valence-electron chi connectivity index (χ0n) is 15.8. The highest BCUT2D eigenvalue weighted by Gasteiger charge is 2.33.